The normalized spacial score (nSPS) is 10.8. The Hall–Kier alpha value is -0.730. The molecule has 0 aliphatic rings. The van der Waals surface area contributed by atoms with Crippen LogP contribution in [0.1, 0.15) is 30.9 Å². The van der Waals surface area contributed by atoms with Crippen LogP contribution in [0.5, 0.6) is 5.75 Å². The fourth-order valence-corrected chi connectivity index (χ4v) is 1.94. The molecule has 0 amide bonds. The van der Waals surface area contributed by atoms with Gasteiger partial charge in [-0.05, 0) is 42.1 Å². The zero-order valence-corrected chi connectivity index (χ0v) is 10.3. The number of ether oxygens (including phenoxy) is 1. The molecule has 0 unspecified atom stereocenters. The van der Waals surface area contributed by atoms with Crippen LogP contribution in [0, 0.1) is 0 Å². The third-order valence-electron chi connectivity index (χ3n) is 2.40. The van der Waals surface area contributed by atoms with Crippen LogP contribution >= 0.6 is 11.6 Å². The maximum Gasteiger partial charge on any atom is 0.125 e. The second-order valence-electron chi connectivity index (χ2n) is 3.88. The third kappa shape index (κ3) is 2.86. The van der Waals surface area contributed by atoms with Gasteiger partial charge in [-0.3, -0.25) is 0 Å². The molecule has 0 radical (unpaired) electrons. The molecule has 1 aromatic carbocycles. The molecule has 84 valence electrons. The summed E-state index contributed by atoms with van der Waals surface area (Å²) >= 11 is 6.06. The summed E-state index contributed by atoms with van der Waals surface area (Å²) in [4.78, 5) is 0. The zero-order valence-electron chi connectivity index (χ0n) is 9.51. The van der Waals surface area contributed by atoms with E-state index in [4.69, 9.17) is 22.1 Å². The Labute approximate surface area is 96.4 Å². The number of benzene rings is 1. The molecule has 1 rings (SSSR count). The van der Waals surface area contributed by atoms with E-state index in [1.165, 1.54) is 0 Å². The topological polar surface area (TPSA) is 35.2 Å². The summed E-state index contributed by atoms with van der Waals surface area (Å²) < 4.78 is 5.43. The van der Waals surface area contributed by atoms with Crippen molar-refractivity contribution >= 4 is 11.6 Å². The third-order valence-corrected chi connectivity index (χ3v) is 2.62. The van der Waals surface area contributed by atoms with Gasteiger partial charge in [-0.2, -0.15) is 0 Å². The van der Waals surface area contributed by atoms with Crippen molar-refractivity contribution < 1.29 is 4.74 Å². The molecule has 2 nitrogen and oxygen atoms in total. The summed E-state index contributed by atoms with van der Waals surface area (Å²) in [5, 5.41) is 0.753. The quantitative estimate of drug-likeness (QED) is 0.859. The summed E-state index contributed by atoms with van der Waals surface area (Å²) in [5.41, 5.74) is 7.80. The van der Waals surface area contributed by atoms with Crippen molar-refractivity contribution in [3.05, 3.63) is 28.3 Å². The number of hydrogen-bond donors (Lipinski definition) is 1. The van der Waals surface area contributed by atoms with E-state index >= 15 is 0 Å². The first kappa shape index (κ1) is 12.3. The second kappa shape index (κ2) is 5.38. The lowest BCUT2D eigenvalue weighted by Crippen LogP contribution is -2.06. The molecule has 3 heteroatoms. The fourth-order valence-electron chi connectivity index (χ4n) is 1.69. The van der Waals surface area contributed by atoms with Crippen LogP contribution in [-0.2, 0) is 6.42 Å². The van der Waals surface area contributed by atoms with Gasteiger partial charge in [-0.1, -0.05) is 25.4 Å². The number of halogens is 1. The van der Waals surface area contributed by atoms with Gasteiger partial charge in [0, 0.05) is 5.02 Å². The van der Waals surface area contributed by atoms with Crippen molar-refractivity contribution in [3.8, 4) is 5.75 Å². The number of hydrogen-bond acceptors (Lipinski definition) is 2. The second-order valence-corrected chi connectivity index (χ2v) is 4.32. The Morgan fingerprint density at radius 3 is 2.53 bits per heavy atom. The summed E-state index contributed by atoms with van der Waals surface area (Å²) in [6, 6.07) is 3.89. The zero-order chi connectivity index (χ0) is 11.4. The van der Waals surface area contributed by atoms with Crippen molar-refractivity contribution in [1.29, 1.82) is 0 Å². The maximum atomic E-state index is 6.06. The standard InChI is InChI=1S/C12H18ClNO/c1-8(2)11-7-10(13)6-9(4-5-14)12(11)15-3/h6-8H,4-5,14H2,1-3H3. The molecule has 0 saturated heterocycles. The summed E-state index contributed by atoms with van der Waals surface area (Å²) in [5.74, 6) is 1.33. The fraction of sp³-hybridized carbons (Fsp3) is 0.500. The van der Waals surface area contributed by atoms with Gasteiger partial charge in [0.05, 0.1) is 7.11 Å². The highest BCUT2D eigenvalue weighted by molar-refractivity contribution is 6.30. The summed E-state index contributed by atoms with van der Waals surface area (Å²) in [6.45, 7) is 4.86. The maximum absolute atomic E-state index is 6.06. The lowest BCUT2D eigenvalue weighted by atomic mass is 9.98. The van der Waals surface area contributed by atoms with Crippen LogP contribution in [0.4, 0.5) is 0 Å². The SMILES string of the molecule is COc1c(CCN)cc(Cl)cc1C(C)C. The van der Waals surface area contributed by atoms with Gasteiger partial charge >= 0.3 is 0 Å². The molecule has 0 aliphatic heterocycles. The molecule has 0 heterocycles. The molecule has 0 aromatic heterocycles. The van der Waals surface area contributed by atoms with Crippen LogP contribution in [0.2, 0.25) is 5.02 Å². The average molecular weight is 228 g/mol. The van der Waals surface area contributed by atoms with Crippen molar-refractivity contribution in [3.63, 3.8) is 0 Å². The number of methoxy groups -OCH3 is 1. The van der Waals surface area contributed by atoms with Gasteiger partial charge < -0.3 is 10.5 Å². The minimum absolute atomic E-state index is 0.398. The molecule has 0 bridgehead atoms. The van der Waals surface area contributed by atoms with Crippen LogP contribution in [0.25, 0.3) is 0 Å². The summed E-state index contributed by atoms with van der Waals surface area (Å²) in [7, 11) is 1.69. The summed E-state index contributed by atoms with van der Waals surface area (Å²) in [6.07, 6.45) is 0.795. The van der Waals surface area contributed by atoms with Crippen LogP contribution in [0.3, 0.4) is 0 Å². The Morgan fingerprint density at radius 1 is 1.40 bits per heavy atom. The molecule has 0 atom stereocenters. The van der Waals surface area contributed by atoms with E-state index < -0.39 is 0 Å². The van der Waals surface area contributed by atoms with E-state index in [1.807, 2.05) is 12.1 Å². The van der Waals surface area contributed by atoms with Crippen molar-refractivity contribution in [1.82, 2.24) is 0 Å². The first-order chi connectivity index (χ1) is 7.10. The number of rotatable bonds is 4. The van der Waals surface area contributed by atoms with E-state index in [9.17, 15) is 0 Å². The molecule has 15 heavy (non-hydrogen) atoms. The monoisotopic (exact) mass is 227 g/mol. The molecule has 0 fully saturated rings. The van der Waals surface area contributed by atoms with Gasteiger partial charge in [-0.25, -0.2) is 0 Å². The Balaban J connectivity index is 3.25. The van der Waals surface area contributed by atoms with E-state index in [0.717, 1.165) is 28.3 Å². The van der Waals surface area contributed by atoms with Crippen LogP contribution < -0.4 is 10.5 Å². The lowest BCUT2D eigenvalue weighted by Gasteiger charge is -2.16. The van der Waals surface area contributed by atoms with Crippen LogP contribution in [-0.4, -0.2) is 13.7 Å². The van der Waals surface area contributed by atoms with Gasteiger partial charge in [0.15, 0.2) is 0 Å². The van der Waals surface area contributed by atoms with Crippen molar-refractivity contribution in [2.45, 2.75) is 26.2 Å². The molecule has 1 aromatic rings. The van der Waals surface area contributed by atoms with E-state index in [2.05, 4.69) is 13.8 Å². The molecule has 0 saturated carbocycles. The minimum Gasteiger partial charge on any atom is -0.496 e. The molecular weight excluding hydrogens is 210 g/mol. The van der Waals surface area contributed by atoms with Gasteiger partial charge in [0.2, 0.25) is 0 Å². The Kier molecular flexibility index (Phi) is 4.43. The van der Waals surface area contributed by atoms with E-state index in [0.29, 0.717) is 12.5 Å². The van der Waals surface area contributed by atoms with Crippen LogP contribution in [0.15, 0.2) is 12.1 Å². The largest absolute Gasteiger partial charge is 0.496 e. The van der Waals surface area contributed by atoms with Gasteiger partial charge in [0.25, 0.3) is 0 Å². The molecular formula is C12H18ClNO. The highest BCUT2D eigenvalue weighted by Gasteiger charge is 2.13. The van der Waals surface area contributed by atoms with Crippen molar-refractivity contribution in [2.24, 2.45) is 5.73 Å². The molecule has 0 spiro atoms. The Morgan fingerprint density at radius 2 is 2.07 bits per heavy atom. The highest BCUT2D eigenvalue weighted by atomic mass is 35.5. The average Bonchev–Trinajstić information content (AvgIpc) is 2.17. The minimum atomic E-state index is 0.398. The van der Waals surface area contributed by atoms with Gasteiger partial charge in [0.1, 0.15) is 5.75 Å². The molecule has 2 N–H and O–H groups in total. The van der Waals surface area contributed by atoms with E-state index in [-0.39, 0.29) is 0 Å². The first-order valence-electron chi connectivity index (χ1n) is 5.16. The Bertz CT molecular complexity index is 337. The predicted molar refractivity (Wildman–Crippen MR) is 64.9 cm³/mol. The van der Waals surface area contributed by atoms with Gasteiger partial charge in [-0.15, -0.1) is 0 Å². The predicted octanol–water partition coefficient (Wildman–Crippen LogP) is 2.97. The molecule has 0 aliphatic carbocycles. The number of nitrogens with two attached hydrogens (primary N) is 1. The van der Waals surface area contributed by atoms with E-state index in [1.54, 1.807) is 7.11 Å². The smallest absolute Gasteiger partial charge is 0.125 e. The highest BCUT2D eigenvalue weighted by Crippen LogP contribution is 2.33. The lowest BCUT2D eigenvalue weighted by molar-refractivity contribution is 0.402. The first-order valence-corrected chi connectivity index (χ1v) is 5.54. The van der Waals surface area contributed by atoms with Crippen molar-refractivity contribution in [2.75, 3.05) is 13.7 Å².